The fourth-order valence-electron chi connectivity index (χ4n) is 2.88. The number of urea groups is 1. The first-order valence-corrected chi connectivity index (χ1v) is 9.40. The molecule has 128 valence electrons. The van der Waals surface area contributed by atoms with Crippen LogP contribution in [0, 0.1) is 12.8 Å². The van der Waals surface area contributed by atoms with Crippen molar-refractivity contribution in [3.63, 3.8) is 0 Å². The first kappa shape index (κ1) is 16.3. The number of halogens is 1. The van der Waals surface area contributed by atoms with Gasteiger partial charge < -0.3 is 5.32 Å². The van der Waals surface area contributed by atoms with Gasteiger partial charge in [0.05, 0.1) is 11.6 Å². The van der Waals surface area contributed by atoms with Gasteiger partial charge in [-0.05, 0) is 49.4 Å². The summed E-state index contributed by atoms with van der Waals surface area (Å²) in [5.41, 5.74) is 1.81. The van der Waals surface area contributed by atoms with Gasteiger partial charge >= 0.3 is 6.03 Å². The highest BCUT2D eigenvalue weighted by Crippen LogP contribution is 2.41. The van der Waals surface area contributed by atoms with Gasteiger partial charge in [0, 0.05) is 22.0 Å². The van der Waals surface area contributed by atoms with E-state index in [2.05, 4.69) is 20.6 Å². The molecule has 2 amide bonds. The Hall–Kier alpha value is -2.18. The minimum atomic E-state index is -0.265. The maximum Gasteiger partial charge on any atom is 0.320 e. The number of pyridine rings is 1. The molecule has 1 aliphatic rings. The number of hydrogen-bond donors (Lipinski definition) is 2. The van der Waals surface area contributed by atoms with Gasteiger partial charge in [0.15, 0.2) is 0 Å². The number of amides is 2. The number of nitrogens with one attached hydrogen (secondary N) is 2. The van der Waals surface area contributed by atoms with Crippen LogP contribution in [-0.2, 0) is 0 Å². The fourth-order valence-corrected chi connectivity index (χ4v) is 3.88. The molecule has 0 unspecified atom stereocenters. The summed E-state index contributed by atoms with van der Waals surface area (Å²) < 4.78 is 0. The van der Waals surface area contributed by atoms with Gasteiger partial charge in [-0.2, -0.15) is 0 Å². The van der Waals surface area contributed by atoms with E-state index in [1.54, 1.807) is 23.6 Å². The fraction of sp³-hybridized carbons (Fsp3) is 0.278. The lowest BCUT2D eigenvalue weighted by Gasteiger charge is -2.16. The van der Waals surface area contributed by atoms with Crippen molar-refractivity contribution in [2.45, 2.75) is 25.8 Å². The molecular weight excluding hydrogens is 356 g/mol. The van der Waals surface area contributed by atoms with E-state index in [4.69, 9.17) is 11.6 Å². The predicted molar refractivity (Wildman–Crippen MR) is 101 cm³/mol. The lowest BCUT2D eigenvalue weighted by Crippen LogP contribution is -2.33. The molecule has 1 aliphatic carbocycles. The summed E-state index contributed by atoms with van der Waals surface area (Å²) in [5.74, 6) is 0.978. The van der Waals surface area contributed by atoms with Crippen molar-refractivity contribution in [2.75, 3.05) is 5.32 Å². The molecule has 1 atom stereocenters. The van der Waals surface area contributed by atoms with Crippen LogP contribution in [0.15, 0.2) is 35.8 Å². The topological polar surface area (TPSA) is 66.9 Å². The second kappa shape index (κ2) is 6.61. The van der Waals surface area contributed by atoms with E-state index >= 15 is 0 Å². The number of benzene rings is 1. The quantitative estimate of drug-likeness (QED) is 0.682. The van der Waals surface area contributed by atoms with Crippen molar-refractivity contribution in [1.29, 1.82) is 0 Å². The first-order chi connectivity index (χ1) is 12.1. The summed E-state index contributed by atoms with van der Waals surface area (Å²) in [5, 5.41) is 10.3. The molecule has 5 nitrogen and oxygen atoms in total. The molecule has 3 aromatic rings. The highest BCUT2D eigenvalue weighted by molar-refractivity contribution is 7.09. The molecule has 0 radical (unpaired) electrons. The van der Waals surface area contributed by atoms with Crippen LogP contribution in [0.25, 0.3) is 10.9 Å². The second-order valence-electron chi connectivity index (χ2n) is 6.24. The molecule has 4 rings (SSSR count). The van der Waals surface area contributed by atoms with Crippen molar-refractivity contribution in [2.24, 2.45) is 5.92 Å². The Morgan fingerprint density at radius 1 is 1.32 bits per heavy atom. The summed E-state index contributed by atoms with van der Waals surface area (Å²) in [4.78, 5) is 21.3. The van der Waals surface area contributed by atoms with Crippen molar-refractivity contribution in [1.82, 2.24) is 15.3 Å². The van der Waals surface area contributed by atoms with Gasteiger partial charge in [-0.3, -0.25) is 5.32 Å². The Kier molecular flexibility index (Phi) is 4.31. The average molecular weight is 373 g/mol. The van der Waals surface area contributed by atoms with Gasteiger partial charge in [-0.25, -0.2) is 14.8 Å². The van der Waals surface area contributed by atoms with Gasteiger partial charge in [0.1, 0.15) is 10.8 Å². The van der Waals surface area contributed by atoms with Crippen molar-refractivity contribution >= 4 is 45.7 Å². The minimum Gasteiger partial charge on any atom is -0.328 e. The van der Waals surface area contributed by atoms with Crippen LogP contribution < -0.4 is 10.6 Å². The Labute approximate surface area is 154 Å². The molecule has 0 bridgehead atoms. The molecule has 1 fully saturated rings. The molecule has 0 saturated heterocycles. The minimum absolute atomic E-state index is 0.0309. The molecule has 25 heavy (non-hydrogen) atoms. The van der Waals surface area contributed by atoms with Crippen LogP contribution in [0.2, 0.25) is 5.02 Å². The number of carbonyl (C=O) groups excluding carboxylic acids is 1. The van der Waals surface area contributed by atoms with Crippen LogP contribution in [0.4, 0.5) is 10.6 Å². The number of nitrogens with zero attached hydrogens (tertiary/aromatic N) is 2. The first-order valence-electron chi connectivity index (χ1n) is 8.14. The van der Waals surface area contributed by atoms with Gasteiger partial charge in [0.2, 0.25) is 0 Å². The highest BCUT2D eigenvalue weighted by Gasteiger charge is 2.35. The zero-order valence-electron chi connectivity index (χ0n) is 13.6. The average Bonchev–Trinajstić information content (AvgIpc) is 3.30. The number of hydrogen-bond acceptors (Lipinski definition) is 4. The molecule has 2 N–H and O–H groups in total. The van der Waals surface area contributed by atoms with E-state index in [1.807, 2.05) is 30.5 Å². The van der Waals surface area contributed by atoms with Gasteiger partial charge in [-0.15, -0.1) is 11.3 Å². The number of anilines is 1. The molecule has 2 aromatic heterocycles. The summed E-state index contributed by atoms with van der Waals surface area (Å²) in [6, 6.07) is 7.13. The molecule has 0 spiro atoms. The van der Waals surface area contributed by atoms with Crippen molar-refractivity contribution < 1.29 is 4.79 Å². The molecule has 2 heterocycles. The zero-order valence-corrected chi connectivity index (χ0v) is 15.2. The van der Waals surface area contributed by atoms with Crippen molar-refractivity contribution in [3.8, 4) is 0 Å². The monoisotopic (exact) mass is 372 g/mol. The predicted octanol–water partition coefficient (Wildman–Crippen LogP) is 4.93. The third-order valence-electron chi connectivity index (χ3n) is 4.34. The van der Waals surface area contributed by atoms with Crippen LogP contribution in [0.5, 0.6) is 0 Å². The number of aromatic nitrogens is 2. The number of rotatable bonds is 4. The lowest BCUT2D eigenvalue weighted by molar-refractivity contribution is 0.247. The molecule has 1 saturated carbocycles. The number of aryl methyl sites for hydroxylation is 1. The summed E-state index contributed by atoms with van der Waals surface area (Å²) >= 11 is 7.78. The Morgan fingerprint density at radius 2 is 2.16 bits per heavy atom. The SMILES string of the molecule is Cc1ccc(Cl)c2ccc(NC(=O)N[C@@H](c3nccs3)C3CC3)nc12. The van der Waals surface area contributed by atoms with Crippen LogP contribution in [0.3, 0.4) is 0 Å². The lowest BCUT2D eigenvalue weighted by atomic mass is 10.1. The van der Waals surface area contributed by atoms with E-state index in [-0.39, 0.29) is 12.1 Å². The van der Waals surface area contributed by atoms with Crippen LogP contribution in [-0.4, -0.2) is 16.0 Å². The van der Waals surface area contributed by atoms with E-state index in [0.29, 0.717) is 16.8 Å². The van der Waals surface area contributed by atoms with Crippen LogP contribution in [0.1, 0.15) is 29.5 Å². The second-order valence-corrected chi connectivity index (χ2v) is 7.57. The normalized spacial score (nSPS) is 15.1. The van der Waals surface area contributed by atoms with E-state index in [0.717, 1.165) is 34.3 Å². The Bertz CT molecular complexity index is 924. The third-order valence-corrected chi connectivity index (χ3v) is 5.53. The maximum absolute atomic E-state index is 12.4. The number of fused-ring (bicyclic) bond motifs is 1. The Morgan fingerprint density at radius 3 is 2.88 bits per heavy atom. The molecule has 0 aliphatic heterocycles. The zero-order chi connectivity index (χ0) is 17.4. The number of thiazole rings is 1. The molecular formula is C18H17ClN4OS. The largest absolute Gasteiger partial charge is 0.328 e. The summed E-state index contributed by atoms with van der Waals surface area (Å²) in [7, 11) is 0. The molecule has 1 aromatic carbocycles. The molecule has 7 heteroatoms. The van der Waals surface area contributed by atoms with E-state index < -0.39 is 0 Å². The van der Waals surface area contributed by atoms with Crippen LogP contribution >= 0.6 is 22.9 Å². The smallest absolute Gasteiger partial charge is 0.320 e. The number of carbonyl (C=O) groups is 1. The van der Waals surface area contributed by atoms with E-state index in [9.17, 15) is 4.79 Å². The highest BCUT2D eigenvalue weighted by atomic mass is 35.5. The third kappa shape index (κ3) is 3.45. The van der Waals surface area contributed by atoms with Gasteiger partial charge in [0.25, 0.3) is 0 Å². The van der Waals surface area contributed by atoms with Gasteiger partial charge in [-0.1, -0.05) is 17.7 Å². The summed E-state index contributed by atoms with van der Waals surface area (Å²) in [6.45, 7) is 1.97. The van der Waals surface area contributed by atoms with Crippen molar-refractivity contribution in [3.05, 3.63) is 51.4 Å². The summed E-state index contributed by atoms with van der Waals surface area (Å²) in [6.07, 6.45) is 4.01. The Balaban J connectivity index is 1.52. The maximum atomic E-state index is 12.4. The standard InChI is InChI=1S/C18H17ClN4OS/c1-10-2-6-13(19)12-5-7-14(21-15(10)12)22-18(24)23-16(11-3-4-11)17-20-8-9-25-17/h2,5-9,11,16H,3-4H2,1H3,(H2,21,22,23,24)/t16-/m1/s1. The van der Waals surface area contributed by atoms with E-state index in [1.165, 1.54) is 0 Å².